The molecule has 3 aromatic rings. The lowest BCUT2D eigenvalue weighted by Gasteiger charge is -2.26. The zero-order valence-corrected chi connectivity index (χ0v) is 25.6. The van der Waals surface area contributed by atoms with E-state index in [0.29, 0.717) is 61.3 Å². The summed E-state index contributed by atoms with van der Waals surface area (Å²) < 4.78 is 15.1. The van der Waals surface area contributed by atoms with Crippen LogP contribution in [0.4, 0.5) is 0 Å². The minimum Gasteiger partial charge on any atom is -0.493 e. The lowest BCUT2D eigenvalue weighted by molar-refractivity contribution is -0.136. The Morgan fingerprint density at radius 1 is 1.23 bits per heavy atom. The summed E-state index contributed by atoms with van der Waals surface area (Å²) in [6.45, 7) is 9.38. The van der Waals surface area contributed by atoms with Crippen LogP contribution in [0, 0.1) is 12.8 Å². The Kier molecular flexibility index (Phi) is 10.7. The van der Waals surface area contributed by atoms with Gasteiger partial charge in [0.15, 0.2) is 11.5 Å². The number of nitrogens with one attached hydrogen (secondary N) is 2. The fourth-order valence-electron chi connectivity index (χ4n) is 5.06. The van der Waals surface area contributed by atoms with Crippen LogP contribution in [0.15, 0.2) is 30.6 Å². The molecule has 2 N–H and O–H groups in total. The third kappa shape index (κ3) is 8.11. The van der Waals surface area contributed by atoms with E-state index in [2.05, 4.69) is 25.7 Å². The van der Waals surface area contributed by atoms with Gasteiger partial charge in [-0.15, -0.1) is 0 Å². The number of amides is 3. The van der Waals surface area contributed by atoms with Crippen LogP contribution in [0.3, 0.4) is 0 Å². The number of ether oxygens (including phenoxy) is 2. The summed E-state index contributed by atoms with van der Waals surface area (Å²) in [5.41, 5.74) is 0.424. The molecule has 1 aromatic carbocycles. The highest BCUT2D eigenvalue weighted by atomic mass is 16.5. The molecule has 13 nitrogen and oxygen atoms in total. The molecule has 1 aliphatic rings. The second kappa shape index (κ2) is 14.7. The second-order valence-corrected chi connectivity index (χ2v) is 10.8. The average molecular weight is 595 g/mol. The number of carbonyl (C=O) groups is 3. The van der Waals surface area contributed by atoms with Crippen LogP contribution in [-0.2, 0) is 29.1 Å². The lowest BCUT2D eigenvalue weighted by atomic mass is 10.0. The van der Waals surface area contributed by atoms with Gasteiger partial charge in [0.05, 0.1) is 26.2 Å². The number of methoxy groups -OCH3 is 1. The molecule has 0 saturated heterocycles. The Bertz CT molecular complexity index is 1420. The fraction of sp³-hybridized carbons (Fsp3) is 0.533. The third-order valence-corrected chi connectivity index (χ3v) is 7.32. The predicted molar refractivity (Wildman–Crippen MR) is 159 cm³/mol. The number of fused-ring (bicyclic) bond motifs is 3. The van der Waals surface area contributed by atoms with Crippen LogP contribution in [0.1, 0.15) is 67.5 Å². The molecule has 2 bridgehead atoms. The van der Waals surface area contributed by atoms with Crippen LogP contribution in [0.2, 0.25) is 0 Å². The summed E-state index contributed by atoms with van der Waals surface area (Å²) in [7, 11) is 1.54. The number of rotatable bonds is 6. The zero-order valence-electron chi connectivity index (χ0n) is 25.6. The molecule has 0 spiro atoms. The van der Waals surface area contributed by atoms with Crippen LogP contribution < -0.4 is 20.1 Å². The molecule has 1 atom stereocenters. The first-order valence-electron chi connectivity index (χ1n) is 14.8. The first-order valence-corrected chi connectivity index (χ1v) is 14.8. The minimum absolute atomic E-state index is 0.00246. The van der Waals surface area contributed by atoms with Crippen molar-refractivity contribution in [3.8, 4) is 11.5 Å². The molecule has 0 radical (unpaired) electrons. The molecule has 2 aromatic heterocycles. The van der Waals surface area contributed by atoms with E-state index in [1.807, 2.05) is 31.5 Å². The maximum Gasteiger partial charge on any atom is 0.251 e. The number of hydrogen-bond donors (Lipinski definition) is 2. The van der Waals surface area contributed by atoms with Gasteiger partial charge in [0.25, 0.3) is 5.91 Å². The van der Waals surface area contributed by atoms with Gasteiger partial charge in [0.2, 0.25) is 11.8 Å². The molecular formula is C30H42N8O5. The van der Waals surface area contributed by atoms with Crippen molar-refractivity contribution < 1.29 is 23.9 Å². The Morgan fingerprint density at radius 3 is 2.79 bits per heavy atom. The van der Waals surface area contributed by atoms with E-state index < -0.39 is 6.04 Å². The number of carbonyl (C=O) groups excluding carboxylic acids is 3. The van der Waals surface area contributed by atoms with Gasteiger partial charge >= 0.3 is 0 Å². The molecule has 4 rings (SSSR count). The highest BCUT2D eigenvalue weighted by Crippen LogP contribution is 2.28. The molecule has 13 heteroatoms. The first-order chi connectivity index (χ1) is 20.7. The molecule has 43 heavy (non-hydrogen) atoms. The maximum absolute atomic E-state index is 13.4. The Hall–Kier alpha value is -4.42. The van der Waals surface area contributed by atoms with Crippen molar-refractivity contribution in [2.75, 3.05) is 33.4 Å². The number of hydrogen-bond acceptors (Lipinski definition) is 8. The van der Waals surface area contributed by atoms with Gasteiger partial charge in [0, 0.05) is 50.4 Å². The topological polar surface area (TPSA) is 146 Å². The smallest absolute Gasteiger partial charge is 0.251 e. The summed E-state index contributed by atoms with van der Waals surface area (Å²) in [4.78, 5) is 50.2. The van der Waals surface area contributed by atoms with Crippen molar-refractivity contribution >= 4 is 17.7 Å². The van der Waals surface area contributed by atoms with E-state index in [1.54, 1.807) is 48.0 Å². The minimum atomic E-state index is -0.431. The molecule has 3 heterocycles. The fourth-order valence-corrected chi connectivity index (χ4v) is 5.06. The van der Waals surface area contributed by atoms with E-state index in [0.717, 1.165) is 12.2 Å². The second-order valence-electron chi connectivity index (χ2n) is 10.8. The summed E-state index contributed by atoms with van der Waals surface area (Å²) in [6, 6.07) is 4.59. The summed E-state index contributed by atoms with van der Waals surface area (Å²) in [5.74, 6) is 2.30. The Balaban J connectivity index is 1.59. The van der Waals surface area contributed by atoms with Gasteiger partial charge in [-0.1, -0.05) is 20.8 Å². The highest BCUT2D eigenvalue weighted by molar-refractivity contribution is 5.94. The molecule has 0 fully saturated rings. The van der Waals surface area contributed by atoms with E-state index in [-0.39, 0.29) is 43.2 Å². The van der Waals surface area contributed by atoms with Crippen molar-refractivity contribution in [2.24, 2.45) is 5.92 Å². The molecule has 232 valence electrons. The highest BCUT2D eigenvalue weighted by Gasteiger charge is 2.27. The van der Waals surface area contributed by atoms with Gasteiger partial charge < -0.3 is 29.6 Å². The standard InChI is InChI=1S/C30H42N8O5/c1-6-25-31-12-15-36(25)14-10-27(40)37-13-7-11-32-30(41)22-8-9-23(42-5)24(18-22)43-17-16-38-29(33-21(4)35-38)28(20(2)3)34-26(39)19-37/h8-9,12,15,18,20,28H,6-7,10-11,13-14,16-17,19H2,1-5H3,(H,32,41)(H,34,39)/t28-/m0/s1. The number of imidazole rings is 1. The molecule has 0 aliphatic carbocycles. The van der Waals surface area contributed by atoms with E-state index in [1.165, 1.54) is 0 Å². The molecule has 1 aliphatic heterocycles. The predicted octanol–water partition coefficient (Wildman–Crippen LogP) is 2.30. The number of nitrogens with zero attached hydrogens (tertiary/aromatic N) is 6. The quantitative estimate of drug-likeness (QED) is 0.442. The monoisotopic (exact) mass is 594 g/mol. The Labute approximate surface area is 252 Å². The van der Waals surface area contributed by atoms with Gasteiger partial charge in [-0.25, -0.2) is 14.6 Å². The summed E-state index contributed by atoms with van der Waals surface area (Å²) in [6.07, 6.45) is 5.03. The van der Waals surface area contributed by atoms with Crippen molar-refractivity contribution in [1.82, 2.24) is 39.8 Å². The van der Waals surface area contributed by atoms with Gasteiger partial charge in [-0.2, -0.15) is 5.10 Å². The number of benzene rings is 1. The van der Waals surface area contributed by atoms with Crippen molar-refractivity contribution in [2.45, 2.75) is 66.1 Å². The summed E-state index contributed by atoms with van der Waals surface area (Å²) >= 11 is 0. The normalized spacial score (nSPS) is 16.9. The van der Waals surface area contributed by atoms with Crippen molar-refractivity contribution in [1.29, 1.82) is 0 Å². The SMILES string of the molecule is CCc1nccn1CCC(=O)N1CCCNC(=O)c2ccc(OC)c(c2)OCCn2nc(C)nc2[C@H](C(C)C)NC(=O)C1. The van der Waals surface area contributed by atoms with Crippen molar-refractivity contribution in [3.63, 3.8) is 0 Å². The molecular weight excluding hydrogens is 552 g/mol. The number of aryl methyl sites for hydroxylation is 3. The zero-order chi connectivity index (χ0) is 30.9. The summed E-state index contributed by atoms with van der Waals surface area (Å²) in [5, 5.41) is 10.5. The third-order valence-electron chi connectivity index (χ3n) is 7.32. The largest absolute Gasteiger partial charge is 0.493 e. The van der Waals surface area contributed by atoms with Crippen LogP contribution in [0.25, 0.3) is 0 Å². The molecule has 3 amide bonds. The average Bonchev–Trinajstić information content (AvgIpc) is 3.60. The first kappa shape index (κ1) is 31.5. The van der Waals surface area contributed by atoms with Gasteiger partial charge in [-0.3, -0.25) is 14.4 Å². The van der Waals surface area contributed by atoms with Crippen LogP contribution in [0.5, 0.6) is 11.5 Å². The van der Waals surface area contributed by atoms with Crippen LogP contribution >= 0.6 is 0 Å². The lowest BCUT2D eigenvalue weighted by Crippen LogP contribution is -2.44. The van der Waals surface area contributed by atoms with Crippen LogP contribution in [-0.4, -0.2) is 80.3 Å². The Morgan fingerprint density at radius 2 is 2.05 bits per heavy atom. The van der Waals surface area contributed by atoms with Gasteiger partial charge in [0.1, 0.15) is 24.1 Å². The van der Waals surface area contributed by atoms with E-state index in [9.17, 15) is 14.4 Å². The maximum atomic E-state index is 13.4. The molecule has 0 unspecified atom stereocenters. The number of aromatic nitrogens is 5. The van der Waals surface area contributed by atoms with Gasteiger partial charge in [-0.05, 0) is 37.5 Å². The van der Waals surface area contributed by atoms with E-state index in [4.69, 9.17) is 9.47 Å². The van der Waals surface area contributed by atoms with E-state index >= 15 is 0 Å². The van der Waals surface area contributed by atoms with Crippen molar-refractivity contribution in [3.05, 3.63) is 53.6 Å². The molecule has 0 saturated carbocycles.